The van der Waals surface area contributed by atoms with E-state index in [0.29, 0.717) is 11.3 Å². The number of carbonyl (C=O) groups is 1. The van der Waals surface area contributed by atoms with E-state index in [-0.39, 0.29) is 4.90 Å². The summed E-state index contributed by atoms with van der Waals surface area (Å²) in [6.45, 7) is 3.49. The topological polar surface area (TPSA) is 60.4 Å². The largest absolute Gasteiger partial charge is 0.488 e. The molecule has 2 aromatic rings. The summed E-state index contributed by atoms with van der Waals surface area (Å²) in [5.74, 6) is 0.0327. The van der Waals surface area contributed by atoms with Crippen LogP contribution in [0.5, 0.6) is 5.75 Å². The lowest BCUT2D eigenvalue weighted by Gasteiger charge is -2.29. The van der Waals surface area contributed by atoms with Gasteiger partial charge in [0.2, 0.25) is 0 Å². The Bertz CT molecular complexity index is 822. The van der Waals surface area contributed by atoms with Gasteiger partial charge in [0.05, 0.1) is 10.5 Å². The van der Waals surface area contributed by atoms with Crippen LogP contribution < -0.4 is 4.74 Å². The van der Waals surface area contributed by atoms with Gasteiger partial charge in [-0.3, -0.25) is 4.79 Å². The monoisotopic (exact) mass is 316 g/mol. The standard InChI is InChI=1S/C17H16O4S/c1-11-7-9-13(10-8-11)22(19,20)17-12(2)21-15-6-4-3-5-14(15)16(17)18/h3-10,12,17H,1-2H3/t12-,17-/m0/s1. The number of para-hydroxylation sites is 1. The van der Waals surface area contributed by atoms with E-state index in [1.54, 1.807) is 43.3 Å². The third-order valence-corrected chi connectivity index (χ3v) is 6.03. The minimum absolute atomic E-state index is 0.145. The van der Waals surface area contributed by atoms with Crippen LogP contribution in [0.3, 0.4) is 0 Å². The maximum atomic E-state index is 12.8. The van der Waals surface area contributed by atoms with Gasteiger partial charge in [-0.15, -0.1) is 0 Å². The van der Waals surface area contributed by atoms with E-state index in [2.05, 4.69) is 0 Å². The number of aryl methyl sites for hydroxylation is 1. The Morgan fingerprint density at radius 3 is 2.32 bits per heavy atom. The number of carbonyl (C=O) groups excluding carboxylic acids is 1. The Balaban J connectivity index is 2.08. The quantitative estimate of drug-likeness (QED) is 0.855. The third-order valence-electron chi connectivity index (χ3n) is 3.83. The van der Waals surface area contributed by atoms with E-state index in [1.165, 1.54) is 12.1 Å². The molecule has 0 unspecified atom stereocenters. The number of Topliss-reactive ketones (excluding diaryl/α,β-unsaturated/α-hetero) is 1. The first-order valence-electron chi connectivity index (χ1n) is 7.02. The van der Waals surface area contributed by atoms with E-state index in [0.717, 1.165) is 5.56 Å². The van der Waals surface area contributed by atoms with Gasteiger partial charge in [-0.2, -0.15) is 0 Å². The second-order valence-electron chi connectivity index (χ2n) is 5.46. The lowest BCUT2D eigenvalue weighted by molar-refractivity contribution is 0.0879. The van der Waals surface area contributed by atoms with Crippen molar-refractivity contribution in [3.8, 4) is 5.75 Å². The fourth-order valence-corrected chi connectivity index (χ4v) is 4.45. The van der Waals surface area contributed by atoms with Gasteiger partial charge in [-0.1, -0.05) is 29.8 Å². The zero-order valence-corrected chi connectivity index (χ0v) is 13.1. The molecular formula is C17H16O4S. The number of ether oxygens (including phenoxy) is 1. The lowest BCUT2D eigenvalue weighted by atomic mass is 10.0. The van der Waals surface area contributed by atoms with E-state index in [4.69, 9.17) is 4.74 Å². The van der Waals surface area contributed by atoms with Crippen LogP contribution in [0.25, 0.3) is 0 Å². The molecule has 0 amide bonds. The van der Waals surface area contributed by atoms with Crippen molar-refractivity contribution in [2.75, 3.05) is 0 Å². The Morgan fingerprint density at radius 2 is 1.64 bits per heavy atom. The molecule has 1 aliphatic rings. The van der Waals surface area contributed by atoms with Crippen molar-refractivity contribution in [3.05, 3.63) is 59.7 Å². The van der Waals surface area contributed by atoms with Crippen molar-refractivity contribution in [2.45, 2.75) is 30.1 Å². The molecule has 0 saturated carbocycles. The molecule has 3 rings (SSSR count). The minimum Gasteiger partial charge on any atom is -0.488 e. The summed E-state index contributed by atoms with van der Waals surface area (Å²) in [5, 5.41) is -1.22. The number of ketones is 1. The molecule has 0 aliphatic carbocycles. The predicted octanol–water partition coefficient (Wildman–Crippen LogP) is 2.80. The van der Waals surface area contributed by atoms with E-state index in [9.17, 15) is 13.2 Å². The zero-order valence-electron chi connectivity index (χ0n) is 12.3. The Hall–Kier alpha value is -2.14. The van der Waals surface area contributed by atoms with Gasteiger partial charge in [0, 0.05) is 0 Å². The minimum atomic E-state index is -3.79. The van der Waals surface area contributed by atoms with Crippen LogP contribution in [0, 0.1) is 6.92 Å². The maximum Gasteiger partial charge on any atom is 0.192 e. The van der Waals surface area contributed by atoms with Crippen molar-refractivity contribution in [1.29, 1.82) is 0 Å². The van der Waals surface area contributed by atoms with Crippen molar-refractivity contribution in [2.24, 2.45) is 0 Å². The van der Waals surface area contributed by atoms with Crippen LogP contribution in [0.4, 0.5) is 0 Å². The summed E-state index contributed by atoms with van der Waals surface area (Å²) in [5.41, 5.74) is 1.28. The Kier molecular flexibility index (Phi) is 3.53. The Morgan fingerprint density at radius 1 is 1.00 bits per heavy atom. The summed E-state index contributed by atoms with van der Waals surface area (Å²) >= 11 is 0. The highest BCUT2D eigenvalue weighted by Gasteiger charge is 2.44. The van der Waals surface area contributed by atoms with Gasteiger partial charge in [-0.25, -0.2) is 8.42 Å². The van der Waals surface area contributed by atoms with Crippen molar-refractivity contribution in [1.82, 2.24) is 0 Å². The predicted molar refractivity (Wildman–Crippen MR) is 83.0 cm³/mol. The highest BCUT2D eigenvalue weighted by Crippen LogP contribution is 2.32. The van der Waals surface area contributed by atoms with Gasteiger partial charge < -0.3 is 4.74 Å². The number of hydrogen-bond donors (Lipinski definition) is 0. The summed E-state index contributed by atoms with van der Waals surface area (Å²) < 4.78 is 31.3. The van der Waals surface area contributed by atoms with Crippen LogP contribution >= 0.6 is 0 Å². The molecule has 0 spiro atoms. The van der Waals surface area contributed by atoms with Crippen LogP contribution in [-0.4, -0.2) is 25.6 Å². The molecule has 1 heterocycles. The van der Waals surface area contributed by atoms with Crippen molar-refractivity contribution in [3.63, 3.8) is 0 Å². The number of hydrogen-bond acceptors (Lipinski definition) is 4. The molecule has 0 aromatic heterocycles. The van der Waals surface area contributed by atoms with Gasteiger partial charge >= 0.3 is 0 Å². The molecule has 2 atom stereocenters. The molecule has 0 radical (unpaired) electrons. The third kappa shape index (κ3) is 2.31. The van der Waals surface area contributed by atoms with Crippen molar-refractivity contribution >= 4 is 15.6 Å². The average Bonchev–Trinajstić information content (AvgIpc) is 2.47. The van der Waals surface area contributed by atoms with E-state index < -0.39 is 27.0 Å². The first-order chi connectivity index (χ1) is 10.4. The summed E-state index contributed by atoms with van der Waals surface area (Å²) in [6, 6.07) is 13.2. The first-order valence-corrected chi connectivity index (χ1v) is 8.56. The summed E-state index contributed by atoms with van der Waals surface area (Å²) in [7, 11) is -3.79. The second-order valence-corrected chi connectivity index (χ2v) is 7.53. The lowest BCUT2D eigenvalue weighted by Crippen LogP contribution is -2.45. The molecule has 0 N–H and O–H groups in total. The van der Waals surface area contributed by atoms with E-state index in [1.807, 2.05) is 6.92 Å². The second kappa shape index (κ2) is 5.25. The first kappa shape index (κ1) is 14.8. The normalized spacial score (nSPS) is 21.1. The van der Waals surface area contributed by atoms with Gasteiger partial charge in [0.1, 0.15) is 11.9 Å². The molecule has 0 bridgehead atoms. The zero-order chi connectivity index (χ0) is 15.9. The molecule has 1 aliphatic heterocycles. The van der Waals surface area contributed by atoms with Crippen molar-refractivity contribution < 1.29 is 17.9 Å². The SMILES string of the molecule is Cc1ccc(S(=O)(=O)[C@@H]2C(=O)c3ccccc3O[C@H]2C)cc1. The highest BCUT2D eigenvalue weighted by molar-refractivity contribution is 7.93. The van der Waals surface area contributed by atoms with Gasteiger partial charge in [-0.05, 0) is 38.1 Å². The van der Waals surface area contributed by atoms with Crippen LogP contribution in [0.2, 0.25) is 0 Å². The number of sulfone groups is 1. The molecule has 5 heteroatoms. The molecule has 0 saturated heterocycles. The van der Waals surface area contributed by atoms with Gasteiger partial charge in [0.25, 0.3) is 0 Å². The highest BCUT2D eigenvalue weighted by atomic mass is 32.2. The summed E-state index contributed by atoms with van der Waals surface area (Å²) in [4.78, 5) is 12.8. The van der Waals surface area contributed by atoms with Gasteiger partial charge in [0.15, 0.2) is 20.9 Å². The Labute approximate surface area is 129 Å². The molecule has 4 nitrogen and oxygen atoms in total. The molecule has 2 aromatic carbocycles. The van der Waals surface area contributed by atoms with Crippen LogP contribution in [-0.2, 0) is 9.84 Å². The smallest absolute Gasteiger partial charge is 0.192 e. The number of fused-ring (bicyclic) bond motifs is 1. The fourth-order valence-electron chi connectivity index (χ4n) is 2.67. The van der Waals surface area contributed by atoms with E-state index >= 15 is 0 Å². The number of benzene rings is 2. The average molecular weight is 316 g/mol. The van der Waals surface area contributed by atoms with Crippen LogP contribution in [0.15, 0.2) is 53.4 Å². The van der Waals surface area contributed by atoms with Crippen LogP contribution in [0.1, 0.15) is 22.8 Å². The molecule has 114 valence electrons. The molecular weight excluding hydrogens is 300 g/mol. The molecule has 22 heavy (non-hydrogen) atoms. The number of rotatable bonds is 2. The maximum absolute atomic E-state index is 12.8. The summed E-state index contributed by atoms with van der Waals surface area (Å²) in [6.07, 6.45) is -0.728. The molecule has 0 fully saturated rings. The fraction of sp³-hybridized carbons (Fsp3) is 0.235.